The average Bonchev–Trinajstić information content (AvgIpc) is 3.26. The molecular weight excluding hydrogens is 396 g/mol. The summed E-state index contributed by atoms with van der Waals surface area (Å²) in [5.41, 5.74) is 1.90. The topological polar surface area (TPSA) is 95.2 Å². The lowest BCUT2D eigenvalue weighted by Crippen LogP contribution is -2.51. The number of amides is 2. The zero-order valence-corrected chi connectivity index (χ0v) is 16.9. The molecule has 2 aliphatic rings. The SMILES string of the molecule is CC(=O)N1CCN(C(=O)n2c(O)c(C3=Nc4ccccc4C3=O)c3ccccc32)CC1. The van der Waals surface area contributed by atoms with E-state index in [4.69, 9.17) is 0 Å². The number of carbonyl (C=O) groups is 3. The molecule has 1 N–H and O–H groups in total. The van der Waals surface area contributed by atoms with Gasteiger partial charge in [-0.25, -0.2) is 14.4 Å². The zero-order valence-electron chi connectivity index (χ0n) is 16.9. The highest BCUT2D eigenvalue weighted by Crippen LogP contribution is 2.37. The van der Waals surface area contributed by atoms with Gasteiger partial charge >= 0.3 is 6.03 Å². The number of Topliss-reactive ketones (excluding diaryl/α,β-unsaturated/α-hetero) is 1. The van der Waals surface area contributed by atoms with Gasteiger partial charge in [0.25, 0.3) is 0 Å². The van der Waals surface area contributed by atoms with Crippen molar-refractivity contribution in [1.82, 2.24) is 14.4 Å². The van der Waals surface area contributed by atoms with Crippen LogP contribution in [0.1, 0.15) is 22.8 Å². The molecule has 0 bridgehead atoms. The van der Waals surface area contributed by atoms with Crippen LogP contribution in [0.5, 0.6) is 5.88 Å². The van der Waals surface area contributed by atoms with Gasteiger partial charge in [-0.15, -0.1) is 0 Å². The van der Waals surface area contributed by atoms with Crippen molar-refractivity contribution in [2.45, 2.75) is 6.92 Å². The molecule has 0 spiro atoms. The number of aromatic nitrogens is 1. The molecule has 3 aromatic rings. The number of aliphatic imine (C=N–C) groups is 1. The molecule has 1 aromatic heterocycles. The van der Waals surface area contributed by atoms with Gasteiger partial charge in [0, 0.05) is 44.1 Å². The van der Waals surface area contributed by atoms with E-state index in [0.29, 0.717) is 48.3 Å². The number of hydrogen-bond donors (Lipinski definition) is 1. The fourth-order valence-electron chi connectivity index (χ4n) is 4.24. The number of nitrogens with zero attached hydrogens (tertiary/aromatic N) is 4. The van der Waals surface area contributed by atoms with Crippen LogP contribution in [-0.4, -0.2) is 69.1 Å². The Morgan fingerprint density at radius 2 is 1.58 bits per heavy atom. The van der Waals surface area contributed by atoms with Gasteiger partial charge in [-0.2, -0.15) is 0 Å². The first-order valence-corrected chi connectivity index (χ1v) is 10.1. The van der Waals surface area contributed by atoms with Gasteiger partial charge in [0.05, 0.1) is 16.8 Å². The van der Waals surface area contributed by atoms with Crippen LogP contribution in [0.15, 0.2) is 53.5 Å². The summed E-state index contributed by atoms with van der Waals surface area (Å²) in [6.07, 6.45) is 0. The molecule has 2 aromatic carbocycles. The summed E-state index contributed by atoms with van der Waals surface area (Å²) in [5.74, 6) is -0.614. The van der Waals surface area contributed by atoms with Gasteiger partial charge in [0.1, 0.15) is 5.71 Å². The Labute approximate surface area is 178 Å². The lowest BCUT2D eigenvalue weighted by Gasteiger charge is -2.34. The molecule has 0 unspecified atom stereocenters. The number of benzene rings is 2. The minimum absolute atomic E-state index is 0.0269. The van der Waals surface area contributed by atoms with Gasteiger partial charge in [0.15, 0.2) is 0 Å². The first-order chi connectivity index (χ1) is 15.0. The van der Waals surface area contributed by atoms with Crippen LogP contribution in [0.3, 0.4) is 0 Å². The smallest absolute Gasteiger partial charge is 0.331 e. The number of ketones is 1. The highest BCUT2D eigenvalue weighted by molar-refractivity contribution is 6.56. The number of carbonyl (C=O) groups excluding carboxylic acids is 3. The lowest BCUT2D eigenvalue weighted by molar-refractivity contribution is -0.130. The third-order valence-electron chi connectivity index (χ3n) is 5.87. The Hall–Kier alpha value is -3.94. The fourth-order valence-corrected chi connectivity index (χ4v) is 4.24. The first-order valence-electron chi connectivity index (χ1n) is 10.1. The molecule has 31 heavy (non-hydrogen) atoms. The van der Waals surface area contributed by atoms with E-state index in [0.717, 1.165) is 0 Å². The van der Waals surface area contributed by atoms with Crippen molar-refractivity contribution >= 4 is 40.0 Å². The molecular formula is C23H20N4O4. The molecule has 2 aliphatic heterocycles. The summed E-state index contributed by atoms with van der Waals surface area (Å²) >= 11 is 0. The average molecular weight is 416 g/mol. The largest absolute Gasteiger partial charge is 0.494 e. The van der Waals surface area contributed by atoms with Gasteiger partial charge in [-0.1, -0.05) is 30.3 Å². The highest BCUT2D eigenvalue weighted by atomic mass is 16.3. The number of hydrogen-bond acceptors (Lipinski definition) is 5. The quantitative estimate of drug-likeness (QED) is 0.660. The summed E-state index contributed by atoms with van der Waals surface area (Å²) in [6, 6.07) is 13.7. The van der Waals surface area contributed by atoms with Crippen molar-refractivity contribution in [2.24, 2.45) is 4.99 Å². The molecule has 0 radical (unpaired) electrons. The van der Waals surface area contributed by atoms with Crippen molar-refractivity contribution in [1.29, 1.82) is 0 Å². The fraction of sp³-hybridized carbons (Fsp3) is 0.217. The van der Waals surface area contributed by atoms with E-state index in [1.165, 1.54) is 11.5 Å². The number of piperazine rings is 1. The summed E-state index contributed by atoms with van der Waals surface area (Å²) in [7, 11) is 0. The maximum Gasteiger partial charge on any atom is 0.331 e. The second kappa shape index (κ2) is 7.09. The van der Waals surface area contributed by atoms with E-state index in [-0.39, 0.29) is 28.8 Å². The maximum absolute atomic E-state index is 13.3. The molecule has 2 amide bonds. The second-order valence-electron chi connectivity index (χ2n) is 7.63. The number of aromatic hydroxyl groups is 1. The predicted octanol–water partition coefficient (Wildman–Crippen LogP) is 2.80. The molecule has 0 atom stereocenters. The van der Waals surface area contributed by atoms with Crippen molar-refractivity contribution in [2.75, 3.05) is 26.2 Å². The molecule has 8 nitrogen and oxygen atoms in total. The molecule has 0 aliphatic carbocycles. The van der Waals surface area contributed by atoms with E-state index in [2.05, 4.69) is 4.99 Å². The van der Waals surface area contributed by atoms with Crippen LogP contribution in [0.2, 0.25) is 0 Å². The Kier molecular flexibility index (Phi) is 4.35. The van der Waals surface area contributed by atoms with Crippen LogP contribution in [0.25, 0.3) is 10.9 Å². The first kappa shape index (κ1) is 19.0. The molecule has 5 rings (SSSR count). The van der Waals surface area contributed by atoms with Crippen molar-refractivity contribution < 1.29 is 19.5 Å². The molecule has 0 saturated carbocycles. The van der Waals surface area contributed by atoms with Gasteiger partial charge in [-0.05, 0) is 18.2 Å². The maximum atomic E-state index is 13.3. The molecule has 1 fully saturated rings. The van der Waals surface area contributed by atoms with Crippen LogP contribution < -0.4 is 0 Å². The Balaban J connectivity index is 1.58. The van der Waals surface area contributed by atoms with Gasteiger partial charge < -0.3 is 14.9 Å². The third kappa shape index (κ3) is 2.91. The number of fused-ring (bicyclic) bond motifs is 2. The predicted molar refractivity (Wildman–Crippen MR) is 115 cm³/mol. The van der Waals surface area contributed by atoms with E-state index < -0.39 is 6.03 Å². The third-order valence-corrected chi connectivity index (χ3v) is 5.87. The van der Waals surface area contributed by atoms with Crippen LogP contribution in [0, 0.1) is 0 Å². The zero-order chi connectivity index (χ0) is 21.7. The summed E-state index contributed by atoms with van der Waals surface area (Å²) < 4.78 is 1.23. The Bertz CT molecular complexity index is 1280. The minimum atomic E-state index is -0.397. The normalized spacial score (nSPS) is 15.9. The van der Waals surface area contributed by atoms with Crippen molar-refractivity contribution in [3.8, 4) is 5.88 Å². The second-order valence-corrected chi connectivity index (χ2v) is 7.63. The van der Waals surface area contributed by atoms with E-state index in [1.807, 2.05) is 0 Å². The monoisotopic (exact) mass is 416 g/mol. The molecule has 8 heteroatoms. The Morgan fingerprint density at radius 1 is 0.935 bits per heavy atom. The van der Waals surface area contributed by atoms with Crippen molar-refractivity contribution in [3.05, 3.63) is 59.7 Å². The van der Waals surface area contributed by atoms with Gasteiger partial charge in [-0.3, -0.25) is 9.59 Å². The van der Waals surface area contributed by atoms with E-state index in [1.54, 1.807) is 58.3 Å². The van der Waals surface area contributed by atoms with Crippen LogP contribution in [0.4, 0.5) is 10.5 Å². The summed E-state index contributed by atoms with van der Waals surface area (Å²) in [4.78, 5) is 45.6. The summed E-state index contributed by atoms with van der Waals surface area (Å²) in [5, 5.41) is 11.7. The molecule has 1 saturated heterocycles. The van der Waals surface area contributed by atoms with Crippen LogP contribution >= 0.6 is 0 Å². The van der Waals surface area contributed by atoms with E-state index in [9.17, 15) is 19.5 Å². The molecule has 156 valence electrons. The lowest BCUT2D eigenvalue weighted by atomic mass is 10.0. The molecule has 3 heterocycles. The van der Waals surface area contributed by atoms with Crippen molar-refractivity contribution in [3.63, 3.8) is 0 Å². The van der Waals surface area contributed by atoms with E-state index >= 15 is 0 Å². The Morgan fingerprint density at radius 3 is 2.29 bits per heavy atom. The minimum Gasteiger partial charge on any atom is -0.494 e. The van der Waals surface area contributed by atoms with Crippen LogP contribution in [-0.2, 0) is 4.79 Å². The summed E-state index contributed by atoms with van der Waals surface area (Å²) in [6.45, 7) is 3.12. The highest BCUT2D eigenvalue weighted by Gasteiger charge is 2.34. The number of rotatable bonds is 1. The number of para-hydroxylation sites is 2. The standard InChI is InChI=1S/C23H20N4O4/c1-14(28)25-10-12-26(13-11-25)23(31)27-18-9-5-3-7-16(18)19(22(27)30)20-21(29)15-6-2-4-8-17(15)24-20/h2-9,30H,10-13H2,1H3. The van der Waals surface area contributed by atoms with Gasteiger partial charge in [0.2, 0.25) is 17.6 Å².